The quantitative estimate of drug-likeness (QED) is 0.389. The van der Waals surface area contributed by atoms with Gasteiger partial charge in [0.2, 0.25) is 5.76 Å². The molecule has 4 aromatic rings. The van der Waals surface area contributed by atoms with Crippen LogP contribution in [0, 0.1) is 0 Å². The molecule has 1 atom stereocenters. The van der Waals surface area contributed by atoms with Crippen LogP contribution in [0.1, 0.15) is 33.3 Å². The van der Waals surface area contributed by atoms with Crippen LogP contribution in [0.2, 0.25) is 5.02 Å². The van der Waals surface area contributed by atoms with Crippen molar-refractivity contribution in [2.75, 3.05) is 11.5 Å². The number of anilines is 1. The van der Waals surface area contributed by atoms with Gasteiger partial charge in [0, 0.05) is 10.7 Å². The maximum absolute atomic E-state index is 13.6. The minimum absolute atomic E-state index is 0.0389. The molecule has 1 unspecified atom stereocenters. The van der Waals surface area contributed by atoms with Crippen LogP contribution in [0.15, 0.2) is 75.9 Å². The van der Waals surface area contributed by atoms with Crippen LogP contribution in [0.4, 0.5) is 18.9 Å². The van der Waals surface area contributed by atoms with Crippen LogP contribution in [-0.4, -0.2) is 18.4 Å². The second-order valence-electron chi connectivity index (χ2n) is 8.26. The fourth-order valence-electron chi connectivity index (χ4n) is 4.26. The third-order valence-electron chi connectivity index (χ3n) is 5.86. The molecule has 5 rings (SSSR count). The Balaban J connectivity index is 1.71. The highest BCUT2D eigenvalue weighted by Gasteiger charge is 2.44. The van der Waals surface area contributed by atoms with E-state index < -0.39 is 35.0 Å². The molecular formula is C26H16ClF3N2O5. The minimum atomic E-state index is -4.65. The van der Waals surface area contributed by atoms with Crippen LogP contribution >= 0.6 is 11.6 Å². The Kier molecular flexibility index (Phi) is 5.91. The van der Waals surface area contributed by atoms with Crippen molar-refractivity contribution in [3.63, 3.8) is 0 Å². The highest BCUT2D eigenvalue weighted by molar-refractivity contribution is 6.31. The molecule has 2 heterocycles. The molecule has 37 heavy (non-hydrogen) atoms. The second kappa shape index (κ2) is 8.97. The number of hydrogen-bond acceptors (Lipinski definition) is 5. The molecule has 0 bridgehead atoms. The number of fused-ring (bicyclic) bond motifs is 2. The zero-order valence-electron chi connectivity index (χ0n) is 18.7. The number of amides is 2. The lowest BCUT2D eigenvalue weighted by Crippen LogP contribution is -2.29. The number of alkyl halides is 3. The van der Waals surface area contributed by atoms with Crippen molar-refractivity contribution in [1.82, 2.24) is 0 Å². The smallest absolute Gasteiger partial charge is 0.416 e. The number of nitrogens with zero attached hydrogens (tertiary/aromatic N) is 1. The summed E-state index contributed by atoms with van der Waals surface area (Å²) in [5.74, 6) is -1.45. The summed E-state index contributed by atoms with van der Waals surface area (Å²) in [7, 11) is 0. The maximum Gasteiger partial charge on any atom is 0.416 e. The van der Waals surface area contributed by atoms with E-state index in [-0.39, 0.29) is 45.4 Å². The first kappa shape index (κ1) is 24.4. The Morgan fingerprint density at radius 3 is 2.46 bits per heavy atom. The molecule has 0 spiro atoms. The van der Waals surface area contributed by atoms with Crippen molar-refractivity contribution < 1.29 is 31.9 Å². The van der Waals surface area contributed by atoms with Gasteiger partial charge in [0.25, 0.3) is 11.8 Å². The van der Waals surface area contributed by atoms with Gasteiger partial charge in [-0.15, -0.1) is 0 Å². The van der Waals surface area contributed by atoms with E-state index in [1.54, 1.807) is 0 Å². The van der Waals surface area contributed by atoms with Gasteiger partial charge in [-0.05, 0) is 54.1 Å². The van der Waals surface area contributed by atoms with Crippen molar-refractivity contribution in [2.45, 2.75) is 12.2 Å². The van der Waals surface area contributed by atoms with E-state index in [4.69, 9.17) is 26.5 Å². The van der Waals surface area contributed by atoms with Crippen LogP contribution in [0.25, 0.3) is 11.0 Å². The van der Waals surface area contributed by atoms with Crippen LogP contribution in [0.5, 0.6) is 5.75 Å². The summed E-state index contributed by atoms with van der Waals surface area (Å²) in [5.41, 5.74) is 3.98. The number of nitrogens with two attached hydrogens (primary N) is 1. The topological polar surface area (TPSA) is 103 Å². The monoisotopic (exact) mass is 528 g/mol. The minimum Gasteiger partial charge on any atom is -0.484 e. The largest absolute Gasteiger partial charge is 0.484 e. The van der Waals surface area contributed by atoms with E-state index in [9.17, 15) is 27.6 Å². The fourth-order valence-corrected chi connectivity index (χ4v) is 4.43. The number of hydrogen-bond donors (Lipinski definition) is 1. The van der Waals surface area contributed by atoms with E-state index in [0.717, 1.165) is 17.0 Å². The molecule has 1 aromatic heterocycles. The Hall–Kier alpha value is -4.31. The fraction of sp³-hybridized carbons (Fsp3) is 0.115. The summed E-state index contributed by atoms with van der Waals surface area (Å²) in [6, 6.07) is 13.5. The van der Waals surface area contributed by atoms with Crippen LogP contribution in [-0.2, 0) is 11.0 Å². The molecule has 2 amide bonds. The first-order chi connectivity index (χ1) is 17.5. The van der Waals surface area contributed by atoms with Gasteiger partial charge in [0.15, 0.2) is 12.0 Å². The van der Waals surface area contributed by atoms with E-state index in [2.05, 4.69) is 0 Å². The van der Waals surface area contributed by atoms with E-state index >= 15 is 0 Å². The Morgan fingerprint density at radius 2 is 1.78 bits per heavy atom. The van der Waals surface area contributed by atoms with Gasteiger partial charge in [-0.3, -0.25) is 19.3 Å². The number of ether oxygens (including phenoxy) is 1. The lowest BCUT2D eigenvalue weighted by atomic mass is 9.98. The number of carbonyl (C=O) groups is 2. The van der Waals surface area contributed by atoms with Gasteiger partial charge in [0.05, 0.1) is 22.6 Å². The predicted octanol–water partition coefficient (Wildman–Crippen LogP) is 5.08. The molecule has 0 fully saturated rings. The van der Waals surface area contributed by atoms with Gasteiger partial charge in [-0.1, -0.05) is 29.8 Å². The molecule has 3 aromatic carbocycles. The molecule has 7 nitrogen and oxygen atoms in total. The summed E-state index contributed by atoms with van der Waals surface area (Å²) in [6.07, 6.45) is -4.65. The summed E-state index contributed by atoms with van der Waals surface area (Å²) in [6.45, 7) is -0.364. The Bertz CT molecular complexity index is 1620. The average molecular weight is 529 g/mol. The highest BCUT2D eigenvalue weighted by atomic mass is 35.5. The molecule has 1 aliphatic rings. The van der Waals surface area contributed by atoms with E-state index in [1.807, 2.05) is 0 Å². The highest BCUT2D eigenvalue weighted by Crippen LogP contribution is 2.43. The molecular weight excluding hydrogens is 513 g/mol. The summed E-state index contributed by atoms with van der Waals surface area (Å²) in [4.78, 5) is 39.2. The van der Waals surface area contributed by atoms with Crippen molar-refractivity contribution in [2.24, 2.45) is 5.73 Å². The lowest BCUT2D eigenvalue weighted by molar-refractivity contribution is -0.137. The van der Waals surface area contributed by atoms with Gasteiger partial charge in [-0.25, -0.2) is 0 Å². The Labute approximate surface area is 211 Å². The number of benzene rings is 3. The zero-order valence-corrected chi connectivity index (χ0v) is 19.5. The van der Waals surface area contributed by atoms with Crippen LogP contribution < -0.4 is 20.8 Å². The average Bonchev–Trinajstić information content (AvgIpc) is 3.15. The summed E-state index contributed by atoms with van der Waals surface area (Å²) in [5, 5.41) is 0.391. The van der Waals surface area contributed by atoms with E-state index in [1.165, 1.54) is 54.6 Å². The molecule has 0 saturated carbocycles. The summed E-state index contributed by atoms with van der Waals surface area (Å²) < 4.78 is 51.5. The van der Waals surface area contributed by atoms with Gasteiger partial charge in [0.1, 0.15) is 11.3 Å². The molecule has 188 valence electrons. The molecule has 0 aliphatic carbocycles. The van der Waals surface area contributed by atoms with Crippen molar-refractivity contribution in [3.05, 3.63) is 104 Å². The van der Waals surface area contributed by atoms with Gasteiger partial charge >= 0.3 is 6.18 Å². The number of carbonyl (C=O) groups excluding carboxylic acids is 2. The van der Waals surface area contributed by atoms with Gasteiger partial charge < -0.3 is 14.9 Å². The third kappa shape index (κ3) is 4.40. The number of halogens is 4. The lowest BCUT2D eigenvalue weighted by Gasteiger charge is -2.26. The third-order valence-corrected chi connectivity index (χ3v) is 6.10. The van der Waals surface area contributed by atoms with Crippen molar-refractivity contribution >= 4 is 40.1 Å². The zero-order chi connectivity index (χ0) is 26.5. The van der Waals surface area contributed by atoms with E-state index in [0.29, 0.717) is 5.56 Å². The van der Waals surface area contributed by atoms with Gasteiger partial charge in [-0.2, -0.15) is 13.2 Å². The number of primary amides is 1. The van der Waals surface area contributed by atoms with Crippen LogP contribution in [0.3, 0.4) is 0 Å². The van der Waals surface area contributed by atoms with Crippen molar-refractivity contribution in [1.29, 1.82) is 0 Å². The normalized spacial score (nSPS) is 15.2. The molecule has 11 heteroatoms. The van der Waals surface area contributed by atoms with Crippen molar-refractivity contribution in [3.8, 4) is 5.75 Å². The molecule has 2 N–H and O–H groups in total. The molecule has 0 saturated heterocycles. The first-order valence-corrected chi connectivity index (χ1v) is 11.2. The number of rotatable bonds is 5. The molecule has 1 aliphatic heterocycles. The molecule has 0 radical (unpaired) electrons. The predicted molar refractivity (Wildman–Crippen MR) is 129 cm³/mol. The maximum atomic E-state index is 13.6. The standard InChI is InChI=1S/C26H16ClF3N2O5/c27-15-6-9-19-18(11-15)23(34)21-22(13-4-7-17(8-5-13)36-12-20(31)33)32(25(35)24(21)37-19)16-3-1-2-14(10-16)26(28,29)30/h1-11,22H,12H2,(H2,31,33). The SMILES string of the molecule is NC(=O)COc1ccc(C2c3c(oc4ccc(Cl)cc4c3=O)C(=O)N2c2cccc(C(F)(F)F)c2)cc1. The summed E-state index contributed by atoms with van der Waals surface area (Å²) >= 11 is 6.07. The second-order valence-corrected chi connectivity index (χ2v) is 8.70. The first-order valence-electron chi connectivity index (χ1n) is 10.8. The Morgan fingerprint density at radius 1 is 1.05 bits per heavy atom.